The number of ether oxygens (including phenoxy) is 2. The Morgan fingerprint density at radius 2 is 1.90 bits per heavy atom. The average Bonchev–Trinajstić information content (AvgIpc) is 3.42. The maximum atomic E-state index is 13.5. The maximum absolute atomic E-state index is 13.5. The molecule has 42 heavy (non-hydrogen) atoms. The molecule has 1 aromatic heterocycles. The topological polar surface area (TPSA) is 99.5 Å². The summed E-state index contributed by atoms with van der Waals surface area (Å²) in [5.41, 5.74) is 1.20. The molecule has 1 unspecified atom stereocenters. The van der Waals surface area contributed by atoms with Gasteiger partial charge in [-0.1, -0.05) is 12.1 Å². The molecule has 3 fully saturated rings. The van der Waals surface area contributed by atoms with E-state index in [4.69, 9.17) is 4.74 Å². The van der Waals surface area contributed by atoms with E-state index in [-0.39, 0.29) is 40.3 Å². The average molecular weight is 582 g/mol. The highest BCUT2D eigenvalue weighted by molar-refractivity contribution is 5.96. The van der Waals surface area contributed by atoms with Crippen molar-refractivity contribution in [1.82, 2.24) is 15.6 Å². The van der Waals surface area contributed by atoms with Crippen LogP contribution in [0.1, 0.15) is 35.3 Å². The minimum absolute atomic E-state index is 0.00897. The zero-order valence-corrected chi connectivity index (χ0v) is 22.4. The standard InChI is InChI=1S/C30H27F4N5O3/c31-19-5-7-24(18(11-19)14-35)39-16-29(17-39)12-21(13-29)41-26-8-6-23(22-3-1-2-4-25(22)42-30(32,33)34)38-27(26)28(40)37-20-9-10-36-15-20/h1-8,11,20-21,36H,9-10,12-13,15-17H2,(H,37,40). The molecule has 0 radical (unpaired) electrons. The number of anilines is 1. The number of pyridine rings is 1. The van der Waals surface area contributed by atoms with Crippen molar-refractivity contribution in [2.24, 2.45) is 5.41 Å². The Morgan fingerprint density at radius 3 is 2.62 bits per heavy atom. The number of hydrogen-bond donors (Lipinski definition) is 2. The zero-order valence-electron chi connectivity index (χ0n) is 22.4. The van der Waals surface area contributed by atoms with Crippen molar-refractivity contribution >= 4 is 11.6 Å². The highest BCUT2D eigenvalue weighted by Crippen LogP contribution is 2.51. The van der Waals surface area contributed by atoms with Gasteiger partial charge >= 0.3 is 6.36 Å². The molecule has 6 rings (SSSR count). The number of hydrogen-bond acceptors (Lipinski definition) is 7. The Kier molecular flexibility index (Phi) is 7.14. The SMILES string of the molecule is N#Cc1cc(F)ccc1N1CC2(CC(Oc3ccc(-c4ccccc4OC(F)(F)F)nc3C(=O)NC3CCNC3)C2)C1. The fourth-order valence-electron chi connectivity index (χ4n) is 6.01. The number of rotatable bonds is 7. The number of amides is 1. The monoisotopic (exact) mass is 581 g/mol. The predicted molar refractivity (Wildman–Crippen MR) is 145 cm³/mol. The van der Waals surface area contributed by atoms with Crippen LogP contribution in [0.25, 0.3) is 11.3 Å². The summed E-state index contributed by atoms with van der Waals surface area (Å²) in [6, 6.07) is 14.8. The molecule has 1 aliphatic carbocycles. The van der Waals surface area contributed by atoms with E-state index < -0.39 is 23.8 Å². The van der Waals surface area contributed by atoms with Crippen LogP contribution in [0.2, 0.25) is 0 Å². The molecule has 3 aliphatic rings. The molecule has 2 aliphatic heterocycles. The van der Waals surface area contributed by atoms with Crippen molar-refractivity contribution in [2.75, 3.05) is 31.1 Å². The molecular formula is C30H27F4N5O3. The molecular weight excluding hydrogens is 554 g/mol. The second-order valence-electron chi connectivity index (χ2n) is 11.0. The van der Waals surface area contributed by atoms with Crippen LogP contribution < -0.4 is 25.0 Å². The van der Waals surface area contributed by atoms with Crippen LogP contribution in [0, 0.1) is 22.6 Å². The lowest BCUT2D eigenvalue weighted by molar-refractivity contribution is -0.274. The van der Waals surface area contributed by atoms with Gasteiger partial charge in [0.15, 0.2) is 11.4 Å². The molecule has 2 saturated heterocycles. The van der Waals surface area contributed by atoms with Crippen LogP contribution >= 0.6 is 0 Å². The Hall–Kier alpha value is -4.37. The lowest BCUT2D eigenvalue weighted by atomic mass is 9.61. The number of halogens is 4. The van der Waals surface area contributed by atoms with Crippen molar-refractivity contribution in [3.63, 3.8) is 0 Å². The van der Waals surface area contributed by atoms with Gasteiger partial charge < -0.3 is 25.0 Å². The smallest absolute Gasteiger partial charge is 0.488 e. The summed E-state index contributed by atoms with van der Waals surface area (Å²) in [6.07, 6.45) is -2.91. The third kappa shape index (κ3) is 5.69. The van der Waals surface area contributed by atoms with E-state index in [0.717, 1.165) is 13.0 Å². The second-order valence-corrected chi connectivity index (χ2v) is 11.0. The summed E-state index contributed by atoms with van der Waals surface area (Å²) in [6.45, 7) is 2.76. The number of benzene rings is 2. The van der Waals surface area contributed by atoms with E-state index in [2.05, 4.69) is 20.4 Å². The van der Waals surface area contributed by atoms with E-state index in [1.807, 2.05) is 11.0 Å². The molecule has 1 atom stereocenters. The molecule has 3 heterocycles. The molecule has 8 nitrogen and oxygen atoms in total. The first kappa shape index (κ1) is 27.8. The number of para-hydroxylation sites is 1. The van der Waals surface area contributed by atoms with Gasteiger partial charge in [0.25, 0.3) is 5.91 Å². The Morgan fingerprint density at radius 1 is 1.12 bits per heavy atom. The summed E-state index contributed by atoms with van der Waals surface area (Å²) in [5, 5.41) is 15.5. The van der Waals surface area contributed by atoms with Gasteiger partial charge in [-0.2, -0.15) is 5.26 Å². The number of carbonyl (C=O) groups is 1. The minimum Gasteiger partial charge on any atom is -0.488 e. The van der Waals surface area contributed by atoms with Crippen LogP contribution in [-0.4, -0.2) is 55.6 Å². The van der Waals surface area contributed by atoms with E-state index in [1.54, 1.807) is 18.2 Å². The lowest BCUT2D eigenvalue weighted by Gasteiger charge is -2.59. The van der Waals surface area contributed by atoms with Crippen LogP contribution in [-0.2, 0) is 0 Å². The first-order chi connectivity index (χ1) is 20.1. The number of nitrogens with one attached hydrogen (secondary N) is 2. The number of alkyl halides is 3. The van der Waals surface area contributed by atoms with Crippen LogP contribution in [0.15, 0.2) is 54.6 Å². The number of nitriles is 1. The van der Waals surface area contributed by atoms with Gasteiger partial charge in [-0.25, -0.2) is 9.37 Å². The predicted octanol–water partition coefficient (Wildman–Crippen LogP) is 4.80. The van der Waals surface area contributed by atoms with Crippen LogP contribution in [0.5, 0.6) is 11.5 Å². The zero-order chi connectivity index (χ0) is 29.5. The Labute approximate surface area is 239 Å². The normalized spacial score (nSPS) is 19.5. The molecule has 2 N–H and O–H groups in total. The van der Waals surface area contributed by atoms with Gasteiger partial charge in [-0.05, 0) is 68.3 Å². The summed E-state index contributed by atoms with van der Waals surface area (Å²) in [5.74, 6) is -1.10. The Balaban J connectivity index is 1.19. The fraction of sp³-hybridized carbons (Fsp3) is 0.367. The third-order valence-corrected chi connectivity index (χ3v) is 7.94. The summed E-state index contributed by atoms with van der Waals surface area (Å²) < 4.78 is 63.1. The quantitative estimate of drug-likeness (QED) is 0.387. The van der Waals surface area contributed by atoms with E-state index >= 15 is 0 Å². The molecule has 218 valence electrons. The van der Waals surface area contributed by atoms with Gasteiger partial charge in [0.2, 0.25) is 0 Å². The van der Waals surface area contributed by atoms with Gasteiger partial charge in [-0.15, -0.1) is 13.2 Å². The Bertz CT molecular complexity index is 1540. The van der Waals surface area contributed by atoms with Crippen molar-refractivity contribution in [2.45, 2.75) is 37.8 Å². The molecule has 12 heteroatoms. The van der Waals surface area contributed by atoms with E-state index in [1.165, 1.54) is 36.4 Å². The summed E-state index contributed by atoms with van der Waals surface area (Å²) in [7, 11) is 0. The number of carbonyl (C=O) groups excluding carboxylic acids is 1. The van der Waals surface area contributed by atoms with Gasteiger partial charge in [0.1, 0.15) is 23.7 Å². The van der Waals surface area contributed by atoms with Gasteiger partial charge in [0, 0.05) is 36.7 Å². The first-order valence-corrected chi connectivity index (χ1v) is 13.6. The molecule has 1 spiro atoms. The van der Waals surface area contributed by atoms with Gasteiger partial charge in [0.05, 0.1) is 16.9 Å². The molecule has 1 amide bonds. The molecule has 1 saturated carbocycles. The van der Waals surface area contributed by atoms with Crippen molar-refractivity contribution in [3.8, 4) is 28.8 Å². The molecule has 2 aromatic carbocycles. The lowest BCUT2D eigenvalue weighted by Crippen LogP contribution is -2.65. The third-order valence-electron chi connectivity index (χ3n) is 7.94. The highest BCUT2D eigenvalue weighted by atomic mass is 19.4. The first-order valence-electron chi connectivity index (χ1n) is 13.6. The van der Waals surface area contributed by atoms with Crippen molar-refractivity contribution in [1.29, 1.82) is 5.26 Å². The van der Waals surface area contributed by atoms with Crippen LogP contribution in [0.3, 0.4) is 0 Å². The molecule has 3 aromatic rings. The largest absolute Gasteiger partial charge is 0.573 e. The maximum Gasteiger partial charge on any atom is 0.573 e. The summed E-state index contributed by atoms with van der Waals surface area (Å²) >= 11 is 0. The molecule has 0 bridgehead atoms. The van der Waals surface area contributed by atoms with E-state index in [9.17, 15) is 27.6 Å². The van der Waals surface area contributed by atoms with E-state index in [0.29, 0.717) is 43.7 Å². The highest BCUT2D eigenvalue weighted by Gasteiger charge is 2.54. The second kappa shape index (κ2) is 10.8. The minimum atomic E-state index is -4.89. The van der Waals surface area contributed by atoms with Crippen molar-refractivity contribution < 1.29 is 31.8 Å². The summed E-state index contributed by atoms with van der Waals surface area (Å²) in [4.78, 5) is 19.8. The number of nitrogens with zero attached hydrogens (tertiary/aromatic N) is 3. The van der Waals surface area contributed by atoms with Crippen molar-refractivity contribution in [3.05, 3.63) is 71.7 Å². The fourth-order valence-corrected chi connectivity index (χ4v) is 6.01. The number of aromatic nitrogens is 1. The van der Waals surface area contributed by atoms with Crippen LogP contribution in [0.4, 0.5) is 23.2 Å². The van der Waals surface area contributed by atoms with Gasteiger partial charge in [-0.3, -0.25) is 4.79 Å².